The first-order valence-corrected chi connectivity index (χ1v) is 5.02. The molecule has 1 N–H and O–H groups in total. The van der Waals surface area contributed by atoms with Crippen LogP contribution in [0.5, 0.6) is 0 Å². The van der Waals surface area contributed by atoms with Crippen LogP contribution in [-0.2, 0) is 7.05 Å². The van der Waals surface area contributed by atoms with E-state index in [2.05, 4.69) is 15.3 Å². The molecule has 0 aliphatic carbocycles. The highest BCUT2D eigenvalue weighted by Gasteiger charge is 2.06. The van der Waals surface area contributed by atoms with Crippen molar-refractivity contribution in [2.24, 2.45) is 7.05 Å². The largest absolute Gasteiger partial charge is 0.351 e. The van der Waals surface area contributed by atoms with Crippen molar-refractivity contribution in [3.8, 4) is 0 Å². The highest BCUT2D eigenvalue weighted by Crippen LogP contribution is 1.93. The quantitative estimate of drug-likeness (QED) is 0.701. The molecule has 0 bridgehead atoms. The molecule has 0 radical (unpaired) electrons. The second-order valence-corrected chi connectivity index (χ2v) is 3.79. The number of hydrogen-bond acceptors (Lipinski definition) is 3. The molecule has 1 amide bonds. The van der Waals surface area contributed by atoms with Crippen molar-refractivity contribution < 1.29 is 4.79 Å². The third-order valence-corrected chi connectivity index (χ3v) is 2.01. The Morgan fingerprint density at radius 1 is 1.60 bits per heavy atom. The van der Waals surface area contributed by atoms with E-state index in [9.17, 15) is 4.79 Å². The molecule has 0 saturated carbocycles. The summed E-state index contributed by atoms with van der Waals surface area (Å²) in [5.41, 5.74) is 0.474. The molecule has 1 aromatic rings. The first kappa shape index (κ1) is 11.7. The summed E-state index contributed by atoms with van der Waals surface area (Å²) in [5.74, 6) is -0.102. The van der Waals surface area contributed by atoms with E-state index < -0.39 is 0 Å². The Morgan fingerprint density at radius 2 is 2.33 bits per heavy atom. The molecule has 0 atom stereocenters. The van der Waals surface area contributed by atoms with Crippen molar-refractivity contribution in [3.63, 3.8) is 0 Å². The van der Waals surface area contributed by atoms with Gasteiger partial charge in [-0.05, 0) is 33.1 Å². The minimum Gasteiger partial charge on any atom is -0.351 e. The van der Waals surface area contributed by atoms with Crippen LogP contribution < -0.4 is 5.32 Å². The summed E-state index contributed by atoms with van der Waals surface area (Å²) in [7, 11) is 5.82. The van der Waals surface area contributed by atoms with Gasteiger partial charge in [-0.1, -0.05) is 0 Å². The number of hydrogen-bond donors (Lipinski definition) is 1. The summed E-state index contributed by atoms with van der Waals surface area (Å²) in [6.45, 7) is 1.66. The summed E-state index contributed by atoms with van der Waals surface area (Å²) < 4.78 is 1.62. The fraction of sp³-hybridized carbons (Fsp3) is 0.600. The van der Waals surface area contributed by atoms with Crippen molar-refractivity contribution in [3.05, 3.63) is 18.0 Å². The van der Waals surface area contributed by atoms with Crippen LogP contribution in [0.3, 0.4) is 0 Å². The standard InChI is InChI=1S/C10H18N4O/c1-13(2)7-4-6-11-10(15)9-5-8-14(3)12-9/h5,8H,4,6-7H2,1-3H3,(H,11,15). The summed E-state index contributed by atoms with van der Waals surface area (Å²) >= 11 is 0. The zero-order chi connectivity index (χ0) is 11.3. The molecule has 1 aromatic heterocycles. The molecule has 5 heteroatoms. The minimum absolute atomic E-state index is 0.102. The van der Waals surface area contributed by atoms with Crippen LogP contribution in [-0.4, -0.2) is 47.8 Å². The van der Waals surface area contributed by atoms with Crippen LogP contribution >= 0.6 is 0 Å². The molecule has 84 valence electrons. The second kappa shape index (κ2) is 5.50. The molecule has 0 aliphatic rings. The van der Waals surface area contributed by atoms with Gasteiger partial charge in [0.05, 0.1) is 0 Å². The maximum Gasteiger partial charge on any atom is 0.271 e. The lowest BCUT2D eigenvalue weighted by Gasteiger charge is -2.09. The van der Waals surface area contributed by atoms with Crippen molar-refractivity contribution in [2.75, 3.05) is 27.2 Å². The van der Waals surface area contributed by atoms with E-state index >= 15 is 0 Å². The summed E-state index contributed by atoms with van der Waals surface area (Å²) in [5, 5.41) is 6.84. The normalized spacial score (nSPS) is 10.7. The Hall–Kier alpha value is -1.36. The average Bonchev–Trinajstić information content (AvgIpc) is 2.59. The van der Waals surface area contributed by atoms with Gasteiger partial charge in [-0.15, -0.1) is 0 Å². The Kier molecular flexibility index (Phi) is 4.30. The predicted octanol–water partition coefficient (Wildman–Crippen LogP) is 0.102. The van der Waals surface area contributed by atoms with E-state index in [4.69, 9.17) is 0 Å². The van der Waals surface area contributed by atoms with Gasteiger partial charge in [0.2, 0.25) is 0 Å². The van der Waals surface area contributed by atoms with Gasteiger partial charge in [-0.3, -0.25) is 9.48 Å². The maximum atomic E-state index is 11.5. The van der Waals surface area contributed by atoms with E-state index in [0.29, 0.717) is 12.2 Å². The fourth-order valence-corrected chi connectivity index (χ4v) is 1.22. The Bertz CT molecular complexity index is 319. The van der Waals surface area contributed by atoms with E-state index in [1.54, 1.807) is 24.0 Å². The monoisotopic (exact) mass is 210 g/mol. The molecular weight excluding hydrogens is 192 g/mol. The number of nitrogens with zero attached hydrogens (tertiary/aromatic N) is 3. The van der Waals surface area contributed by atoms with Crippen LogP contribution in [0, 0.1) is 0 Å². The minimum atomic E-state index is -0.102. The fourth-order valence-electron chi connectivity index (χ4n) is 1.22. The van der Waals surface area contributed by atoms with E-state index in [0.717, 1.165) is 13.0 Å². The molecule has 1 heterocycles. The molecule has 15 heavy (non-hydrogen) atoms. The smallest absolute Gasteiger partial charge is 0.271 e. The first-order valence-electron chi connectivity index (χ1n) is 5.02. The third kappa shape index (κ3) is 4.12. The zero-order valence-corrected chi connectivity index (χ0v) is 9.53. The highest BCUT2D eigenvalue weighted by molar-refractivity contribution is 5.92. The average molecular weight is 210 g/mol. The summed E-state index contributed by atoms with van der Waals surface area (Å²) in [6.07, 6.45) is 2.71. The van der Waals surface area contributed by atoms with Crippen LogP contribution in [0.4, 0.5) is 0 Å². The molecule has 5 nitrogen and oxygen atoms in total. The third-order valence-electron chi connectivity index (χ3n) is 2.01. The molecule has 0 saturated heterocycles. The van der Waals surface area contributed by atoms with Crippen LogP contribution in [0.25, 0.3) is 0 Å². The number of aryl methyl sites for hydroxylation is 1. The van der Waals surface area contributed by atoms with E-state index in [1.807, 2.05) is 14.1 Å². The van der Waals surface area contributed by atoms with Crippen molar-refractivity contribution in [1.82, 2.24) is 20.0 Å². The molecule has 0 aromatic carbocycles. The van der Waals surface area contributed by atoms with Crippen LogP contribution in [0.1, 0.15) is 16.9 Å². The maximum absolute atomic E-state index is 11.5. The van der Waals surface area contributed by atoms with E-state index in [-0.39, 0.29) is 5.91 Å². The highest BCUT2D eigenvalue weighted by atomic mass is 16.1. The Balaban J connectivity index is 2.25. The van der Waals surface area contributed by atoms with E-state index in [1.165, 1.54) is 0 Å². The first-order chi connectivity index (χ1) is 7.09. The molecular formula is C10H18N4O. The van der Waals surface area contributed by atoms with Gasteiger partial charge in [0, 0.05) is 19.8 Å². The topological polar surface area (TPSA) is 50.2 Å². The number of carbonyl (C=O) groups is 1. The van der Waals surface area contributed by atoms with Crippen molar-refractivity contribution in [2.45, 2.75) is 6.42 Å². The van der Waals surface area contributed by atoms with Gasteiger partial charge in [0.15, 0.2) is 0 Å². The second-order valence-electron chi connectivity index (χ2n) is 3.79. The Labute approximate surface area is 90.1 Å². The Morgan fingerprint density at radius 3 is 2.87 bits per heavy atom. The van der Waals surface area contributed by atoms with Crippen LogP contribution in [0.2, 0.25) is 0 Å². The number of aromatic nitrogens is 2. The molecule has 0 fully saturated rings. The number of rotatable bonds is 5. The van der Waals surface area contributed by atoms with Crippen molar-refractivity contribution in [1.29, 1.82) is 0 Å². The lowest BCUT2D eigenvalue weighted by molar-refractivity contribution is 0.0946. The van der Waals surface area contributed by atoms with Crippen molar-refractivity contribution >= 4 is 5.91 Å². The molecule has 0 spiro atoms. The van der Waals surface area contributed by atoms with Crippen LogP contribution in [0.15, 0.2) is 12.3 Å². The van der Waals surface area contributed by atoms with Gasteiger partial charge >= 0.3 is 0 Å². The zero-order valence-electron chi connectivity index (χ0n) is 9.53. The van der Waals surface area contributed by atoms with Gasteiger partial charge in [0.25, 0.3) is 5.91 Å². The van der Waals surface area contributed by atoms with Gasteiger partial charge in [-0.25, -0.2) is 0 Å². The SMILES string of the molecule is CN(C)CCCNC(=O)c1ccn(C)n1. The molecule has 0 unspecified atom stereocenters. The lowest BCUT2D eigenvalue weighted by atomic mass is 10.3. The summed E-state index contributed by atoms with van der Waals surface area (Å²) in [6, 6.07) is 1.71. The lowest BCUT2D eigenvalue weighted by Crippen LogP contribution is -2.27. The number of carbonyl (C=O) groups excluding carboxylic acids is 1. The van der Waals surface area contributed by atoms with Gasteiger partial charge in [0.1, 0.15) is 5.69 Å². The number of nitrogens with one attached hydrogen (secondary N) is 1. The predicted molar refractivity (Wildman–Crippen MR) is 58.7 cm³/mol. The summed E-state index contributed by atoms with van der Waals surface area (Å²) in [4.78, 5) is 13.6. The molecule has 0 aliphatic heterocycles. The number of amides is 1. The molecule has 1 rings (SSSR count). The van der Waals surface area contributed by atoms with Gasteiger partial charge in [-0.2, -0.15) is 5.10 Å². The van der Waals surface area contributed by atoms with Gasteiger partial charge < -0.3 is 10.2 Å².